The second-order valence-electron chi connectivity index (χ2n) is 7.66. The zero-order chi connectivity index (χ0) is 21.2. The zero-order valence-electron chi connectivity index (χ0n) is 16.9. The Kier molecular flexibility index (Phi) is 5.09. The maximum absolute atomic E-state index is 12.7. The third-order valence-electron chi connectivity index (χ3n) is 5.64. The molecule has 3 aromatic heterocycles. The Morgan fingerprint density at radius 3 is 2.77 bits per heavy atom. The van der Waals surface area contributed by atoms with Crippen LogP contribution in [0.15, 0.2) is 71.6 Å². The highest BCUT2D eigenvalue weighted by Gasteiger charge is 2.25. The molecule has 4 heterocycles. The summed E-state index contributed by atoms with van der Waals surface area (Å²) >= 11 is 0. The van der Waals surface area contributed by atoms with Crippen LogP contribution in [0.5, 0.6) is 0 Å². The van der Waals surface area contributed by atoms with E-state index in [0.717, 1.165) is 46.6 Å². The number of aromatic nitrogens is 2. The summed E-state index contributed by atoms with van der Waals surface area (Å²) in [5, 5.41) is 13.2. The standard InChI is InChI=1S/C24H22N4O3/c29-15-16-1-6-22(26-13-16)28-11-8-19(14-28)27-24(30)18-4-2-17(3-5-18)23-20-9-12-31-21(20)7-10-25-23/h1-7,9-10,12-13,19,29H,8,11,14-15H2,(H,27,30)/t19-/m0/s1. The number of fused-ring (bicyclic) bond motifs is 1. The van der Waals surface area contributed by atoms with Gasteiger partial charge in [-0.25, -0.2) is 4.98 Å². The van der Waals surface area contributed by atoms with E-state index in [2.05, 4.69) is 20.2 Å². The number of anilines is 1. The number of nitrogens with one attached hydrogen (secondary N) is 1. The predicted molar refractivity (Wildman–Crippen MR) is 118 cm³/mol. The summed E-state index contributed by atoms with van der Waals surface area (Å²) in [5.74, 6) is 0.774. The summed E-state index contributed by atoms with van der Waals surface area (Å²) in [6.45, 7) is 1.52. The second kappa shape index (κ2) is 8.20. The van der Waals surface area contributed by atoms with Crippen molar-refractivity contribution in [3.05, 3.63) is 78.3 Å². The summed E-state index contributed by atoms with van der Waals surface area (Å²) < 4.78 is 5.44. The highest BCUT2D eigenvalue weighted by atomic mass is 16.3. The predicted octanol–water partition coefficient (Wildman–Crippen LogP) is 3.39. The number of aliphatic hydroxyl groups excluding tert-OH is 1. The fraction of sp³-hybridized carbons (Fsp3) is 0.208. The second-order valence-corrected chi connectivity index (χ2v) is 7.66. The van der Waals surface area contributed by atoms with Crippen molar-refractivity contribution in [3.8, 4) is 11.3 Å². The fourth-order valence-corrected chi connectivity index (χ4v) is 3.96. The van der Waals surface area contributed by atoms with Crippen molar-refractivity contribution in [2.45, 2.75) is 19.1 Å². The average Bonchev–Trinajstić information content (AvgIpc) is 3.49. The van der Waals surface area contributed by atoms with E-state index < -0.39 is 0 Å². The van der Waals surface area contributed by atoms with Crippen LogP contribution in [0.25, 0.3) is 22.2 Å². The maximum Gasteiger partial charge on any atom is 0.251 e. The first-order valence-electron chi connectivity index (χ1n) is 10.3. The molecular weight excluding hydrogens is 392 g/mol. The Morgan fingerprint density at radius 2 is 2.00 bits per heavy atom. The Bertz CT molecular complexity index is 1200. The molecule has 1 amide bonds. The summed E-state index contributed by atoms with van der Waals surface area (Å²) in [7, 11) is 0. The molecule has 4 aromatic rings. The molecule has 5 rings (SSSR count). The molecule has 1 aliphatic rings. The number of carbonyl (C=O) groups excluding carboxylic acids is 1. The van der Waals surface area contributed by atoms with Crippen molar-refractivity contribution >= 4 is 22.7 Å². The van der Waals surface area contributed by atoms with Crippen molar-refractivity contribution in [1.82, 2.24) is 15.3 Å². The summed E-state index contributed by atoms with van der Waals surface area (Å²) in [6, 6.07) is 15.1. The van der Waals surface area contributed by atoms with Gasteiger partial charge in [-0.15, -0.1) is 0 Å². The van der Waals surface area contributed by atoms with E-state index in [0.29, 0.717) is 12.1 Å². The number of rotatable bonds is 5. The molecule has 31 heavy (non-hydrogen) atoms. The molecule has 0 radical (unpaired) electrons. The lowest BCUT2D eigenvalue weighted by Crippen LogP contribution is -2.37. The minimum Gasteiger partial charge on any atom is -0.464 e. The molecule has 0 unspecified atom stereocenters. The largest absolute Gasteiger partial charge is 0.464 e. The monoisotopic (exact) mass is 414 g/mol. The zero-order valence-corrected chi connectivity index (χ0v) is 16.9. The first-order chi connectivity index (χ1) is 15.2. The van der Waals surface area contributed by atoms with Crippen molar-refractivity contribution in [2.75, 3.05) is 18.0 Å². The number of nitrogens with zero attached hydrogens (tertiary/aromatic N) is 3. The van der Waals surface area contributed by atoms with E-state index in [4.69, 9.17) is 9.52 Å². The van der Waals surface area contributed by atoms with Crippen LogP contribution in [0.1, 0.15) is 22.3 Å². The smallest absolute Gasteiger partial charge is 0.251 e. The molecule has 0 spiro atoms. The Hall–Kier alpha value is -3.71. The van der Waals surface area contributed by atoms with Crippen LogP contribution in [0.2, 0.25) is 0 Å². The number of furan rings is 1. The molecule has 1 saturated heterocycles. The topological polar surface area (TPSA) is 91.5 Å². The molecule has 7 heteroatoms. The first-order valence-corrected chi connectivity index (χ1v) is 10.3. The van der Waals surface area contributed by atoms with Gasteiger partial charge in [-0.05, 0) is 42.3 Å². The molecule has 0 aliphatic carbocycles. The number of aliphatic hydroxyl groups is 1. The molecule has 2 N–H and O–H groups in total. The van der Waals surface area contributed by atoms with Gasteiger partial charge in [0.25, 0.3) is 5.91 Å². The van der Waals surface area contributed by atoms with Crippen LogP contribution in [0.3, 0.4) is 0 Å². The van der Waals surface area contributed by atoms with E-state index in [1.54, 1.807) is 18.7 Å². The number of carbonyl (C=O) groups is 1. The summed E-state index contributed by atoms with van der Waals surface area (Å²) in [6.07, 6.45) is 5.92. The van der Waals surface area contributed by atoms with Crippen LogP contribution < -0.4 is 10.2 Å². The van der Waals surface area contributed by atoms with Crippen LogP contribution in [-0.4, -0.2) is 40.1 Å². The Labute approximate surface area is 179 Å². The normalized spacial score (nSPS) is 16.0. The van der Waals surface area contributed by atoms with E-state index >= 15 is 0 Å². The van der Waals surface area contributed by atoms with Crippen LogP contribution in [-0.2, 0) is 6.61 Å². The van der Waals surface area contributed by atoms with Crippen LogP contribution in [0.4, 0.5) is 5.82 Å². The molecule has 0 bridgehead atoms. The van der Waals surface area contributed by atoms with Gasteiger partial charge in [-0.3, -0.25) is 9.78 Å². The van der Waals surface area contributed by atoms with Gasteiger partial charge < -0.3 is 19.7 Å². The molecular formula is C24H22N4O3. The summed E-state index contributed by atoms with van der Waals surface area (Å²) in [5.41, 5.74) is 3.97. The van der Waals surface area contributed by atoms with Crippen LogP contribution >= 0.6 is 0 Å². The van der Waals surface area contributed by atoms with E-state index in [9.17, 15) is 4.79 Å². The summed E-state index contributed by atoms with van der Waals surface area (Å²) in [4.78, 5) is 23.8. The van der Waals surface area contributed by atoms with Crippen molar-refractivity contribution in [2.24, 2.45) is 0 Å². The lowest BCUT2D eigenvalue weighted by Gasteiger charge is -2.18. The molecule has 1 aromatic carbocycles. The molecule has 7 nitrogen and oxygen atoms in total. The fourth-order valence-electron chi connectivity index (χ4n) is 3.96. The molecule has 1 atom stereocenters. The van der Waals surface area contributed by atoms with Gasteiger partial charge in [0.2, 0.25) is 0 Å². The quantitative estimate of drug-likeness (QED) is 0.520. The van der Waals surface area contributed by atoms with E-state index in [-0.39, 0.29) is 18.6 Å². The van der Waals surface area contributed by atoms with Crippen LogP contribution in [0, 0.1) is 0 Å². The van der Waals surface area contributed by atoms with Crippen molar-refractivity contribution in [1.29, 1.82) is 0 Å². The minimum absolute atomic E-state index is 0.0158. The van der Waals surface area contributed by atoms with E-state index in [1.165, 1.54) is 0 Å². The Balaban J connectivity index is 1.24. The van der Waals surface area contributed by atoms with Crippen molar-refractivity contribution in [3.63, 3.8) is 0 Å². The van der Waals surface area contributed by atoms with Gasteiger partial charge >= 0.3 is 0 Å². The average molecular weight is 414 g/mol. The van der Waals surface area contributed by atoms with Gasteiger partial charge in [-0.1, -0.05) is 18.2 Å². The van der Waals surface area contributed by atoms with Gasteiger partial charge in [0.15, 0.2) is 0 Å². The molecule has 156 valence electrons. The Morgan fingerprint density at radius 1 is 1.13 bits per heavy atom. The third-order valence-corrected chi connectivity index (χ3v) is 5.64. The third kappa shape index (κ3) is 3.87. The lowest BCUT2D eigenvalue weighted by atomic mass is 10.1. The van der Waals surface area contributed by atoms with Gasteiger partial charge in [-0.2, -0.15) is 0 Å². The molecule has 1 aliphatic heterocycles. The molecule has 0 saturated carbocycles. The highest BCUT2D eigenvalue weighted by Crippen LogP contribution is 2.27. The minimum atomic E-state index is -0.0866. The van der Waals surface area contributed by atoms with Gasteiger partial charge in [0.1, 0.15) is 11.4 Å². The van der Waals surface area contributed by atoms with Gasteiger partial charge in [0, 0.05) is 48.0 Å². The highest BCUT2D eigenvalue weighted by molar-refractivity contribution is 5.96. The SMILES string of the molecule is O=C(N[C@H]1CCN(c2ccc(CO)cn2)C1)c1ccc(-c2nccc3occc23)cc1. The number of hydrogen-bond donors (Lipinski definition) is 2. The lowest BCUT2D eigenvalue weighted by molar-refractivity contribution is 0.0940. The first kappa shape index (κ1) is 19.3. The number of benzene rings is 1. The van der Waals surface area contributed by atoms with Gasteiger partial charge in [0.05, 0.1) is 18.6 Å². The number of pyridine rings is 2. The number of amides is 1. The van der Waals surface area contributed by atoms with Crippen molar-refractivity contribution < 1.29 is 14.3 Å². The molecule has 1 fully saturated rings. The van der Waals surface area contributed by atoms with E-state index in [1.807, 2.05) is 48.5 Å². The maximum atomic E-state index is 12.7. The number of hydrogen-bond acceptors (Lipinski definition) is 6.